The maximum atomic E-state index is 12.4. The Kier molecular flexibility index (Phi) is 5.59. The molecular formula is C19H22N4O2S3. The Morgan fingerprint density at radius 1 is 1.21 bits per heavy atom. The molecule has 3 aromatic rings. The number of rotatable bonds is 8. The van der Waals surface area contributed by atoms with Crippen LogP contribution in [0.25, 0.3) is 0 Å². The molecule has 0 atom stereocenters. The Morgan fingerprint density at radius 2 is 2.04 bits per heavy atom. The van der Waals surface area contributed by atoms with Gasteiger partial charge in [-0.15, -0.1) is 21.5 Å². The molecule has 9 heteroatoms. The summed E-state index contributed by atoms with van der Waals surface area (Å²) in [6, 6.07) is 11.8. The number of hydrogen-bond donors (Lipinski definition) is 0. The van der Waals surface area contributed by atoms with E-state index >= 15 is 0 Å². The fourth-order valence-corrected chi connectivity index (χ4v) is 5.59. The van der Waals surface area contributed by atoms with Crippen molar-refractivity contribution in [2.45, 2.75) is 41.1 Å². The Bertz CT molecular complexity index is 1050. The van der Waals surface area contributed by atoms with Gasteiger partial charge >= 0.3 is 0 Å². The van der Waals surface area contributed by atoms with E-state index in [1.165, 1.54) is 22.0 Å². The first-order chi connectivity index (χ1) is 13.4. The second kappa shape index (κ2) is 7.98. The van der Waals surface area contributed by atoms with Crippen molar-refractivity contribution in [2.24, 2.45) is 0 Å². The molecule has 0 spiro atoms. The summed E-state index contributed by atoms with van der Waals surface area (Å²) in [7, 11) is -0.336. The molecule has 1 fully saturated rings. The molecule has 6 nitrogen and oxygen atoms in total. The van der Waals surface area contributed by atoms with E-state index < -0.39 is 10.0 Å². The third kappa shape index (κ3) is 4.17. The van der Waals surface area contributed by atoms with Gasteiger partial charge in [-0.2, -0.15) is 0 Å². The molecule has 0 radical (unpaired) electrons. The van der Waals surface area contributed by atoms with E-state index in [1.807, 2.05) is 6.07 Å². The number of aromatic nitrogens is 3. The van der Waals surface area contributed by atoms with Crippen LogP contribution in [0.15, 0.2) is 51.8 Å². The first-order valence-corrected chi connectivity index (χ1v) is 12.4. The summed E-state index contributed by atoms with van der Waals surface area (Å²) in [5.41, 5.74) is 0.957. The van der Waals surface area contributed by atoms with Crippen LogP contribution in [0, 0.1) is 0 Å². The van der Waals surface area contributed by atoms with E-state index in [1.54, 1.807) is 55.4 Å². The van der Waals surface area contributed by atoms with E-state index in [4.69, 9.17) is 0 Å². The Morgan fingerprint density at radius 3 is 2.71 bits per heavy atom. The van der Waals surface area contributed by atoms with Crippen molar-refractivity contribution in [2.75, 3.05) is 14.1 Å². The molecule has 1 aromatic carbocycles. The minimum absolute atomic E-state index is 0.317. The monoisotopic (exact) mass is 434 g/mol. The fourth-order valence-electron chi connectivity index (χ4n) is 2.95. The van der Waals surface area contributed by atoms with Crippen molar-refractivity contribution in [3.8, 4) is 0 Å². The third-order valence-corrected chi connectivity index (χ3v) is 8.31. The van der Waals surface area contributed by atoms with Crippen LogP contribution in [0.1, 0.15) is 35.1 Å². The maximum absolute atomic E-state index is 12.4. The van der Waals surface area contributed by atoms with Crippen LogP contribution in [0.5, 0.6) is 0 Å². The van der Waals surface area contributed by atoms with E-state index in [0.29, 0.717) is 16.7 Å². The predicted octanol–water partition coefficient (Wildman–Crippen LogP) is 3.81. The normalized spacial score (nSPS) is 14.7. The number of nitrogens with zero attached hydrogens (tertiary/aromatic N) is 4. The van der Waals surface area contributed by atoms with Gasteiger partial charge in [0, 0.05) is 37.2 Å². The van der Waals surface area contributed by atoms with Gasteiger partial charge in [0.05, 0.1) is 4.90 Å². The van der Waals surface area contributed by atoms with Crippen LogP contribution in [0.2, 0.25) is 0 Å². The van der Waals surface area contributed by atoms with Gasteiger partial charge < -0.3 is 4.57 Å². The lowest BCUT2D eigenvalue weighted by Gasteiger charge is -2.12. The van der Waals surface area contributed by atoms with Crippen LogP contribution < -0.4 is 0 Å². The third-order valence-electron chi connectivity index (χ3n) is 4.60. The van der Waals surface area contributed by atoms with E-state index in [9.17, 15) is 8.42 Å². The average Bonchev–Trinajstić information content (AvgIpc) is 3.23. The molecule has 0 N–H and O–H groups in total. The average molecular weight is 435 g/mol. The van der Waals surface area contributed by atoms with Crippen LogP contribution in [0.3, 0.4) is 0 Å². The van der Waals surface area contributed by atoms with Crippen molar-refractivity contribution in [1.82, 2.24) is 19.1 Å². The van der Waals surface area contributed by atoms with Gasteiger partial charge in [0.1, 0.15) is 5.82 Å². The molecule has 1 saturated carbocycles. The Labute approximate surface area is 173 Å². The molecule has 148 valence electrons. The lowest BCUT2D eigenvalue weighted by atomic mass is 10.2. The number of hydrogen-bond acceptors (Lipinski definition) is 6. The van der Waals surface area contributed by atoms with Gasteiger partial charge in [-0.1, -0.05) is 30.0 Å². The second-order valence-electron chi connectivity index (χ2n) is 6.98. The number of thiophene rings is 1. The zero-order chi connectivity index (χ0) is 19.7. The van der Waals surface area contributed by atoms with Crippen LogP contribution in [-0.2, 0) is 22.2 Å². The Balaban J connectivity index is 1.52. The van der Waals surface area contributed by atoms with E-state index in [2.05, 4.69) is 32.3 Å². The van der Waals surface area contributed by atoms with Crippen molar-refractivity contribution in [1.29, 1.82) is 0 Å². The molecule has 2 heterocycles. The highest BCUT2D eigenvalue weighted by molar-refractivity contribution is 7.98. The van der Waals surface area contributed by atoms with Gasteiger partial charge in [0.2, 0.25) is 10.0 Å². The van der Waals surface area contributed by atoms with Crippen molar-refractivity contribution < 1.29 is 8.42 Å². The summed E-state index contributed by atoms with van der Waals surface area (Å²) in [5, 5.41) is 11.9. The minimum Gasteiger partial charge on any atom is -0.303 e. The van der Waals surface area contributed by atoms with E-state index in [0.717, 1.165) is 23.0 Å². The highest BCUT2D eigenvalue weighted by atomic mass is 32.2. The quantitative estimate of drug-likeness (QED) is 0.504. The summed E-state index contributed by atoms with van der Waals surface area (Å²) in [5.74, 6) is 1.66. The van der Waals surface area contributed by atoms with Crippen molar-refractivity contribution in [3.63, 3.8) is 0 Å². The first-order valence-electron chi connectivity index (χ1n) is 9.05. The largest absolute Gasteiger partial charge is 0.303 e. The molecule has 1 aliphatic carbocycles. The molecule has 0 saturated heterocycles. The summed E-state index contributed by atoms with van der Waals surface area (Å²) in [6.45, 7) is 0. The summed E-state index contributed by atoms with van der Waals surface area (Å²) >= 11 is 3.35. The van der Waals surface area contributed by atoms with Gasteiger partial charge in [-0.05, 0) is 42.0 Å². The van der Waals surface area contributed by atoms with E-state index in [-0.39, 0.29) is 0 Å². The van der Waals surface area contributed by atoms with Crippen molar-refractivity contribution in [3.05, 3.63) is 58.0 Å². The smallest absolute Gasteiger partial charge is 0.242 e. The highest BCUT2D eigenvalue weighted by Crippen LogP contribution is 2.39. The van der Waals surface area contributed by atoms with Crippen LogP contribution in [0.4, 0.5) is 0 Å². The van der Waals surface area contributed by atoms with Gasteiger partial charge in [-0.25, -0.2) is 12.7 Å². The van der Waals surface area contributed by atoms with Crippen LogP contribution >= 0.6 is 23.1 Å². The molecule has 1 aliphatic rings. The fraction of sp³-hybridized carbons (Fsp3) is 0.368. The summed E-state index contributed by atoms with van der Waals surface area (Å²) < 4.78 is 28.2. The molecule has 28 heavy (non-hydrogen) atoms. The maximum Gasteiger partial charge on any atom is 0.242 e. The minimum atomic E-state index is -3.43. The molecule has 0 unspecified atom stereocenters. The lowest BCUT2D eigenvalue weighted by molar-refractivity contribution is 0.520. The standard InChI is InChI=1S/C19H22N4O2S3/c1-22(2)28(24,25)17-7-3-5-14(11-17)13-27-19-21-20-18(23(19)15-8-9-15)12-16-6-4-10-26-16/h3-7,10-11,15H,8-9,12-13H2,1-2H3. The summed E-state index contributed by atoms with van der Waals surface area (Å²) in [6.07, 6.45) is 3.14. The van der Waals surface area contributed by atoms with Gasteiger partial charge in [0.25, 0.3) is 0 Å². The number of benzene rings is 1. The molecule has 0 bridgehead atoms. The van der Waals surface area contributed by atoms with Crippen LogP contribution in [-0.4, -0.2) is 41.6 Å². The molecule has 4 rings (SSSR count). The SMILES string of the molecule is CN(C)S(=O)(=O)c1cccc(CSc2nnc(Cc3cccs3)n2C2CC2)c1. The van der Waals surface area contributed by atoms with Gasteiger partial charge in [0.15, 0.2) is 5.16 Å². The zero-order valence-electron chi connectivity index (χ0n) is 15.8. The topological polar surface area (TPSA) is 68.1 Å². The molecular weight excluding hydrogens is 412 g/mol. The number of thioether (sulfide) groups is 1. The zero-order valence-corrected chi connectivity index (χ0v) is 18.2. The summed E-state index contributed by atoms with van der Waals surface area (Å²) in [4.78, 5) is 1.60. The van der Waals surface area contributed by atoms with Gasteiger partial charge in [-0.3, -0.25) is 0 Å². The molecule has 0 aliphatic heterocycles. The first kappa shape index (κ1) is 19.6. The predicted molar refractivity (Wildman–Crippen MR) is 112 cm³/mol. The van der Waals surface area contributed by atoms with Crippen molar-refractivity contribution >= 4 is 33.1 Å². The highest BCUT2D eigenvalue weighted by Gasteiger charge is 2.29. The second-order valence-corrected chi connectivity index (χ2v) is 11.1. The number of sulfonamides is 1. The molecule has 0 amide bonds. The Hall–Kier alpha value is -1.68. The lowest BCUT2D eigenvalue weighted by Crippen LogP contribution is -2.22. The molecule has 2 aromatic heterocycles.